The summed E-state index contributed by atoms with van der Waals surface area (Å²) < 4.78 is 0. The summed E-state index contributed by atoms with van der Waals surface area (Å²) in [7, 11) is 2.06. The fraction of sp³-hybridized carbons (Fsp3) is 0.615. The molecule has 0 amide bonds. The molecular weight excluding hydrogens is 184 g/mol. The summed E-state index contributed by atoms with van der Waals surface area (Å²) >= 11 is 0. The molecule has 0 radical (unpaired) electrons. The van der Waals surface area contributed by atoms with E-state index in [2.05, 4.69) is 30.3 Å². The molecule has 0 aliphatic heterocycles. The van der Waals surface area contributed by atoms with E-state index in [0.717, 1.165) is 5.92 Å². The molecule has 82 valence electrons. The minimum atomic E-state index is 0.501. The molecule has 0 saturated heterocycles. The van der Waals surface area contributed by atoms with Gasteiger partial charge in [0.2, 0.25) is 0 Å². The van der Waals surface area contributed by atoms with Gasteiger partial charge in [-0.05, 0) is 49.9 Å². The molecule has 15 heavy (non-hydrogen) atoms. The SMILES string of the molecule is CNC(c1cnccc1C)C1CCCC1. The lowest BCUT2D eigenvalue weighted by Crippen LogP contribution is -2.24. The van der Waals surface area contributed by atoms with Crippen molar-refractivity contribution >= 4 is 0 Å². The van der Waals surface area contributed by atoms with Crippen LogP contribution < -0.4 is 5.32 Å². The molecular formula is C13H20N2. The van der Waals surface area contributed by atoms with E-state index in [1.54, 1.807) is 0 Å². The van der Waals surface area contributed by atoms with Gasteiger partial charge in [0, 0.05) is 18.4 Å². The summed E-state index contributed by atoms with van der Waals surface area (Å²) in [5.41, 5.74) is 2.74. The smallest absolute Gasteiger partial charge is 0.0364 e. The topological polar surface area (TPSA) is 24.9 Å². The maximum Gasteiger partial charge on any atom is 0.0364 e. The fourth-order valence-electron chi connectivity index (χ4n) is 2.74. The van der Waals surface area contributed by atoms with Crippen molar-refractivity contribution in [2.24, 2.45) is 5.92 Å². The molecule has 1 unspecified atom stereocenters. The van der Waals surface area contributed by atoms with Crippen molar-refractivity contribution < 1.29 is 0 Å². The van der Waals surface area contributed by atoms with Gasteiger partial charge in [-0.3, -0.25) is 4.98 Å². The zero-order valence-electron chi connectivity index (χ0n) is 9.66. The molecule has 2 rings (SSSR count). The highest BCUT2D eigenvalue weighted by molar-refractivity contribution is 5.25. The highest BCUT2D eigenvalue weighted by Gasteiger charge is 2.25. The van der Waals surface area contributed by atoms with Crippen LogP contribution in [0, 0.1) is 12.8 Å². The predicted molar refractivity (Wildman–Crippen MR) is 62.7 cm³/mol. The summed E-state index contributed by atoms with van der Waals surface area (Å²) in [5, 5.41) is 3.46. The third-order valence-corrected chi connectivity index (χ3v) is 3.60. The van der Waals surface area contributed by atoms with Crippen LogP contribution in [0.1, 0.15) is 42.9 Å². The first-order valence-electron chi connectivity index (χ1n) is 5.90. The van der Waals surface area contributed by atoms with Crippen molar-refractivity contribution in [3.8, 4) is 0 Å². The molecule has 0 bridgehead atoms. The van der Waals surface area contributed by atoms with Gasteiger partial charge in [0.05, 0.1) is 0 Å². The average Bonchev–Trinajstić information content (AvgIpc) is 2.75. The Morgan fingerprint density at radius 3 is 2.73 bits per heavy atom. The molecule has 1 aliphatic carbocycles. The minimum Gasteiger partial charge on any atom is -0.313 e. The van der Waals surface area contributed by atoms with Gasteiger partial charge in [-0.25, -0.2) is 0 Å². The van der Waals surface area contributed by atoms with E-state index in [0.29, 0.717) is 6.04 Å². The van der Waals surface area contributed by atoms with E-state index in [9.17, 15) is 0 Å². The van der Waals surface area contributed by atoms with E-state index in [-0.39, 0.29) is 0 Å². The Morgan fingerprint density at radius 1 is 1.40 bits per heavy atom. The molecule has 1 fully saturated rings. The maximum absolute atomic E-state index is 4.25. The van der Waals surface area contributed by atoms with Crippen molar-refractivity contribution in [3.05, 3.63) is 29.6 Å². The molecule has 0 spiro atoms. The van der Waals surface area contributed by atoms with Gasteiger partial charge < -0.3 is 5.32 Å². The van der Waals surface area contributed by atoms with E-state index >= 15 is 0 Å². The molecule has 1 atom stereocenters. The van der Waals surface area contributed by atoms with Gasteiger partial charge in [0.25, 0.3) is 0 Å². The van der Waals surface area contributed by atoms with E-state index in [4.69, 9.17) is 0 Å². The van der Waals surface area contributed by atoms with E-state index in [1.165, 1.54) is 36.8 Å². The first kappa shape index (κ1) is 10.6. The number of nitrogens with one attached hydrogen (secondary N) is 1. The lowest BCUT2D eigenvalue weighted by Gasteiger charge is -2.24. The van der Waals surface area contributed by atoms with Crippen LogP contribution in [-0.4, -0.2) is 12.0 Å². The Kier molecular flexibility index (Phi) is 3.37. The van der Waals surface area contributed by atoms with Gasteiger partial charge in [0.1, 0.15) is 0 Å². The first-order chi connectivity index (χ1) is 7.33. The number of rotatable bonds is 3. The van der Waals surface area contributed by atoms with E-state index < -0.39 is 0 Å². The molecule has 0 aromatic carbocycles. The lowest BCUT2D eigenvalue weighted by molar-refractivity contribution is 0.388. The Labute approximate surface area is 92.1 Å². The molecule has 1 aromatic rings. The summed E-state index contributed by atoms with van der Waals surface area (Å²) in [4.78, 5) is 4.25. The second kappa shape index (κ2) is 4.75. The summed E-state index contributed by atoms with van der Waals surface area (Å²) in [6.45, 7) is 2.18. The van der Waals surface area contributed by atoms with Crippen LogP contribution in [-0.2, 0) is 0 Å². The van der Waals surface area contributed by atoms with Crippen molar-refractivity contribution in [1.29, 1.82) is 0 Å². The van der Waals surface area contributed by atoms with Crippen molar-refractivity contribution in [2.45, 2.75) is 38.6 Å². The number of aromatic nitrogens is 1. The zero-order chi connectivity index (χ0) is 10.7. The summed E-state index contributed by atoms with van der Waals surface area (Å²) in [5.74, 6) is 0.804. The van der Waals surface area contributed by atoms with Crippen LogP contribution in [0.3, 0.4) is 0 Å². The minimum absolute atomic E-state index is 0.501. The highest BCUT2D eigenvalue weighted by Crippen LogP contribution is 2.36. The molecule has 1 aromatic heterocycles. The van der Waals surface area contributed by atoms with Crippen LogP contribution in [0.25, 0.3) is 0 Å². The summed E-state index contributed by atoms with van der Waals surface area (Å²) in [6, 6.07) is 2.61. The quantitative estimate of drug-likeness (QED) is 0.819. The summed E-state index contributed by atoms with van der Waals surface area (Å²) in [6.07, 6.45) is 9.40. The second-order valence-electron chi connectivity index (χ2n) is 4.54. The fourth-order valence-corrected chi connectivity index (χ4v) is 2.74. The van der Waals surface area contributed by atoms with Gasteiger partial charge in [0.15, 0.2) is 0 Å². The van der Waals surface area contributed by atoms with Crippen LogP contribution in [0.4, 0.5) is 0 Å². The van der Waals surface area contributed by atoms with Gasteiger partial charge in [-0.2, -0.15) is 0 Å². The largest absolute Gasteiger partial charge is 0.313 e. The third-order valence-electron chi connectivity index (χ3n) is 3.60. The van der Waals surface area contributed by atoms with Crippen molar-refractivity contribution in [3.63, 3.8) is 0 Å². The molecule has 1 aliphatic rings. The van der Waals surface area contributed by atoms with Crippen LogP contribution in [0.5, 0.6) is 0 Å². The van der Waals surface area contributed by atoms with Gasteiger partial charge >= 0.3 is 0 Å². The predicted octanol–water partition coefficient (Wildman–Crippen LogP) is 2.84. The lowest BCUT2D eigenvalue weighted by atomic mass is 9.90. The van der Waals surface area contributed by atoms with Crippen molar-refractivity contribution in [1.82, 2.24) is 10.3 Å². The molecule has 1 saturated carbocycles. The molecule has 2 nitrogen and oxygen atoms in total. The third kappa shape index (κ3) is 2.20. The number of hydrogen-bond donors (Lipinski definition) is 1. The first-order valence-corrected chi connectivity index (χ1v) is 5.90. The van der Waals surface area contributed by atoms with Crippen molar-refractivity contribution in [2.75, 3.05) is 7.05 Å². The monoisotopic (exact) mass is 204 g/mol. The maximum atomic E-state index is 4.25. The average molecular weight is 204 g/mol. The molecule has 1 N–H and O–H groups in total. The standard InChI is InChI=1S/C13H20N2/c1-10-7-8-15-9-12(10)13(14-2)11-5-3-4-6-11/h7-9,11,13-14H,3-6H2,1-2H3. The van der Waals surface area contributed by atoms with Gasteiger partial charge in [-0.15, -0.1) is 0 Å². The Bertz CT molecular complexity index is 316. The second-order valence-corrected chi connectivity index (χ2v) is 4.54. The number of nitrogens with zero attached hydrogens (tertiary/aromatic N) is 1. The van der Waals surface area contributed by atoms with Gasteiger partial charge in [-0.1, -0.05) is 12.8 Å². The molecule has 2 heteroatoms. The Balaban J connectivity index is 2.22. The highest BCUT2D eigenvalue weighted by atomic mass is 14.9. The Hall–Kier alpha value is -0.890. The number of hydrogen-bond acceptors (Lipinski definition) is 2. The van der Waals surface area contributed by atoms with Crippen LogP contribution >= 0.6 is 0 Å². The van der Waals surface area contributed by atoms with Crippen LogP contribution in [0.15, 0.2) is 18.5 Å². The van der Waals surface area contributed by atoms with Crippen LogP contribution in [0.2, 0.25) is 0 Å². The number of aryl methyl sites for hydroxylation is 1. The van der Waals surface area contributed by atoms with E-state index in [1.807, 2.05) is 12.4 Å². The Morgan fingerprint density at radius 2 is 2.13 bits per heavy atom. The molecule has 1 heterocycles. The zero-order valence-corrected chi connectivity index (χ0v) is 9.66. The number of pyridine rings is 1. The normalized spacial score (nSPS) is 19.3.